The summed E-state index contributed by atoms with van der Waals surface area (Å²) in [5.74, 6) is -5.57. The maximum atomic E-state index is 13.9. The number of hydrogen-bond acceptors (Lipinski definition) is 4. The minimum Gasteiger partial charge on any atom is -0.472 e. The van der Waals surface area contributed by atoms with Crippen LogP contribution in [-0.2, 0) is 5.60 Å². The number of aliphatic hydroxyl groups is 1. The lowest BCUT2D eigenvalue weighted by atomic mass is 9.81. The van der Waals surface area contributed by atoms with Gasteiger partial charge in [0, 0.05) is 17.7 Å². The molecular formula is C13H8F5NO4. The molecule has 0 aliphatic rings. The van der Waals surface area contributed by atoms with Crippen molar-refractivity contribution in [1.29, 1.82) is 0 Å². The molecule has 0 aliphatic carbocycles. The Kier molecular flexibility index (Phi) is 3.89. The van der Waals surface area contributed by atoms with Crippen LogP contribution in [0.5, 0.6) is 0 Å². The fourth-order valence-electron chi connectivity index (χ4n) is 2.03. The highest BCUT2D eigenvalue weighted by Gasteiger charge is 2.71. The summed E-state index contributed by atoms with van der Waals surface area (Å²) < 4.78 is 70.7. The minimum atomic E-state index is -6.07. The zero-order chi connectivity index (χ0) is 17.5. The van der Waals surface area contributed by atoms with Gasteiger partial charge in [-0.3, -0.25) is 10.1 Å². The van der Waals surface area contributed by atoms with Gasteiger partial charge in [0.15, 0.2) is 5.60 Å². The van der Waals surface area contributed by atoms with Crippen molar-refractivity contribution < 1.29 is 36.4 Å². The molecule has 124 valence electrons. The molecule has 2 rings (SSSR count). The van der Waals surface area contributed by atoms with Crippen molar-refractivity contribution in [2.24, 2.45) is 0 Å². The summed E-state index contributed by atoms with van der Waals surface area (Å²) in [4.78, 5) is 9.69. The minimum absolute atomic E-state index is 0.529. The van der Waals surface area contributed by atoms with E-state index in [1.165, 1.54) is 0 Å². The molecule has 5 nitrogen and oxygen atoms in total. The van der Waals surface area contributed by atoms with E-state index in [1.54, 1.807) is 0 Å². The van der Waals surface area contributed by atoms with Gasteiger partial charge in [-0.05, 0) is 23.8 Å². The van der Waals surface area contributed by atoms with Gasteiger partial charge in [0.2, 0.25) is 0 Å². The number of furan rings is 1. The number of nitrogens with zero attached hydrogens (tertiary/aromatic N) is 1. The maximum absolute atomic E-state index is 13.9. The Morgan fingerprint density at radius 1 is 1.00 bits per heavy atom. The van der Waals surface area contributed by atoms with Gasteiger partial charge in [-0.15, -0.1) is 0 Å². The van der Waals surface area contributed by atoms with Crippen LogP contribution in [0.25, 0.3) is 0 Å². The number of alkyl halides is 5. The van der Waals surface area contributed by atoms with E-state index in [1.807, 2.05) is 0 Å². The first-order chi connectivity index (χ1) is 10.5. The average molecular weight is 337 g/mol. The van der Waals surface area contributed by atoms with Gasteiger partial charge in [-0.1, -0.05) is 0 Å². The van der Waals surface area contributed by atoms with E-state index in [0.717, 1.165) is 12.3 Å². The fraction of sp³-hybridized carbons (Fsp3) is 0.231. The summed E-state index contributed by atoms with van der Waals surface area (Å²) in [5, 5.41) is 20.8. The molecule has 0 amide bonds. The van der Waals surface area contributed by atoms with Crippen LogP contribution in [-0.4, -0.2) is 22.1 Å². The molecule has 23 heavy (non-hydrogen) atoms. The molecule has 1 unspecified atom stereocenters. The molecular weight excluding hydrogens is 329 g/mol. The molecule has 1 aromatic carbocycles. The molecule has 0 radical (unpaired) electrons. The van der Waals surface area contributed by atoms with Crippen molar-refractivity contribution in [1.82, 2.24) is 0 Å². The number of benzene rings is 1. The third kappa shape index (κ3) is 2.54. The van der Waals surface area contributed by atoms with Crippen LogP contribution in [0.3, 0.4) is 0 Å². The Labute approximate surface area is 125 Å². The number of rotatable bonds is 4. The van der Waals surface area contributed by atoms with Crippen LogP contribution in [0.2, 0.25) is 0 Å². The molecule has 0 bridgehead atoms. The van der Waals surface area contributed by atoms with Gasteiger partial charge in [0.1, 0.15) is 0 Å². The van der Waals surface area contributed by atoms with Crippen LogP contribution in [0.15, 0.2) is 47.3 Å². The smallest absolute Gasteiger partial charge is 0.457 e. The molecule has 10 heteroatoms. The highest BCUT2D eigenvalue weighted by Crippen LogP contribution is 2.51. The Hall–Kier alpha value is -2.49. The predicted molar refractivity (Wildman–Crippen MR) is 65.8 cm³/mol. The molecule has 0 saturated carbocycles. The second-order valence-corrected chi connectivity index (χ2v) is 4.60. The lowest BCUT2D eigenvalue weighted by molar-refractivity contribution is -0.384. The second kappa shape index (κ2) is 5.30. The fourth-order valence-corrected chi connectivity index (χ4v) is 2.03. The van der Waals surface area contributed by atoms with Crippen molar-refractivity contribution in [3.05, 3.63) is 64.1 Å². The number of nitro groups is 1. The SMILES string of the molecule is O=[N+]([O-])c1ccc(C(O)(c2ccoc2)C(F)(F)C(F)(F)F)cc1. The van der Waals surface area contributed by atoms with Crippen LogP contribution in [0.1, 0.15) is 11.1 Å². The summed E-state index contributed by atoms with van der Waals surface area (Å²) in [6.07, 6.45) is -4.71. The van der Waals surface area contributed by atoms with Crippen molar-refractivity contribution in [3.63, 3.8) is 0 Å². The van der Waals surface area contributed by atoms with Gasteiger partial charge in [-0.2, -0.15) is 22.0 Å². The normalized spacial score (nSPS) is 15.2. The van der Waals surface area contributed by atoms with Crippen molar-refractivity contribution >= 4 is 5.69 Å². The molecule has 1 aromatic heterocycles. The average Bonchev–Trinajstić information content (AvgIpc) is 2.99. The zero-order valence-corrected chi connectivity index (χ0v) is 11.1. The molecule has 1 heterocycles. The lowest BCUT2D eigenvalue weighted by Gasteiger charge is -2.36. The first kappa shape index (κ1) is 16.9. The largest absolute Gasteiger partial charge is 0.472 e. The Morgan fingerprint density at radius 3 is 1.96 bits per heavy atom. The molecule has 2 aromatic rings. The van der Waals surface area contributed by atoms with Gasteiger partial charge in [-0.25, -0.2) is 0 Å². The van der Waals surface area contributed by atoms with Gasteiger partial charge in [0.25, 0.3) is 5.69 Å². The van der Waals surface area contributed by atoms with Crippen molar-refractivity contribution in [3.8, 4) is 0 Å². The van der Waals surface area contributed by atoms with Crippen molar-refractivity contribution in [2.45, 2.75) is 17.7 Å². The van der Waals surface area contributed by atoms with E-state index >= 15 is 0 Å². The molecule has 0 spiro atoms. The second-order valence-electron chi connectivity index (χ2n) is 4.60. The third-order valence-corrected chi connectivity index (χ3v) is 3.25. The number of halogens is 5. The predicted octanol–water partition coefficient (Wildman–Crippen LogP) is 3.62. The zero-order valence-electron chi connectivity index (χ0n) is 11.1. The summed E-state index contributed by atoms with van der Waals surface area (Å²) in [7, 11) is 0. The van der Waals surface area contributed by atoms with E-state index in [-0.39, 0.29) is 0 Å². The standard InChI is InChI=1S/C13H8F5NO4/c14-12(15,13(16,17)18)11(20,9-5-6-23-7-9)8-1-3-10(4-2-8)19(21)22/h1-7,20H. The van der Waals surface area contributed by atoms with E-state index in [4.69, 9.17) is 0 Å². The van der Waals surface area contributed by atoms with Crippen LogP contribution >= 0.6 is 0 Å². The lowest BCUT2D eigenvalue weighted by Crippen LogP contribution is -2.55. The van der Waals surface area contributed by atoms with Crippen LogP contribution < -0.4 is 0 Å². The highest BCUT2D eigenvalue weighted by molar-refractivity contribution is 5.42. The van der Waals surface area contributed by atoms with E-state index in [9.17, 15) is 37.2 Å². The molecule has 0 aliphatic heterocycles. The summed E-state index contributed by atoms with van der Waals surface area (Å²) >= 11 is 0. The van der Waals surface area contributed by atoms with E-state index in [2.05, 4.69) is 4.42 Å². The summed E-state index contributed by atoms with van der Waals surface area (Å²) in [5.41, 5.74) is -6.04. The molecule has 0 saturated heterocycles. The Morgan fingerprint density at radius 2 is 1.57 bits per heavy atom. The number of non-ortho nitro benzene ring substituents is 1. The third-order valence-electron chi connectivity index (χ3n) is 3.25. The monoisotopic (exact) mass is 337 g/mol. The van der Waals surface area contributed by atoms with Crippen LogP contribution in [0.4, 0.5) is 27.6 Å². The molecule has 1 atom stereocenters. The summed E-state index contributed by atoms with van der Waals surface area (Å²) in [6, 6.07) is 3.44. The molecule has 1 N–H and O–H groups in total. The maximum Gasteiger partial charge on any atom is 0.457 e. The Bertz CT molecular complexity index is 696. The first-order valence-electron chi connectivity index (χ1n) is 5.96. The van der Waals surface area contributed by atoms with Crippen LogP contribution in [0, 0.1) is 10.1 Å². The summed E-state index contributed by atoms with van der Waals surface area (Å²) in [6.45, 7) is 0. The van der Waals surface area contributed by atoms with E-state index in [0.29, 0.717) is 30.5 Å². The number of hydrogen-bond donors (Lipinski definition) is 1. The number of nitro benzene ring substituents is 1. The topological polar surface area (TPSA) is 76.5 Å². The van der Waals surface area contributed by atoms with Crippen molar-refractivity contribution in [2.75, 3.05) is 0 Å². The molecule has 0 fully saturated rings. The first-order valence-corrected chi connectivity index (χ1v) is 5.96. The quantitative estimate of drug-likeness (QED) is 0.525. The van der Waals surface area contributed by atoms with Gasteiger partial charge in [0.05, 0.1) is 17.4 Å². The highest BCUT2D eigenvalue weighted by atomic mass is 19.4. The Balaban J connectivity index is 2.67. The van der Waals surface area contributed by atoms with E-state index < -0.39 is 39.4 Å². The van der Waals surface area contributed by atoms with Gasteiger partial charge < -0.3 is 9.52 Å². The van der Waals surface area contributed by atoms with Gasteiger partial charge >= 0.3 is 12.1 Å².